The number of allylic oxidation sites excluding steroid dienone is 5. The Morgan fingerprint density at radius 1 is 0.313 bits per heavy atom. The Hall–Kier alpha value is -3.34. The lowest BCUT2D eigenvalue weighted by molar-refractivity contribution is -0.151. The van der Waals surface area contributed by atoms with E-state index in [1.165, 1.54) is 152 Å². The first-order valence-corrected chi connectivity index (χ1v) is 43.0. The van der Waals surface area contributed by atoms with E-state index in [0.29, 0.717) is 77.1 Å². The van der Waals surface area contributed by atoms with Gasteiger partial charge in [-0.2, -0.15) is 0 Å². The third-order valence-electron chi connectivity index (χ3n) is 18.0. The molecule has 0 fully saturated rings. The van der Waals surface area contributed by atoms with Gasteiger partial charge in [-0.05, 0) is 169 Å². The van der Waals surface area contributed by atoms with Gasteiger partial charge in [0.2, 0.25) is 0 Å². The van der Waals surface area contributed by atoms with E-state index in [-0.39, 0.29) is 65.5 Å². The third-order valence-corrected chi connectivity index (χ3v) is 19.8. The molecule has 0 unspecified atom stereocenters. The largest absolute Gasteiger partial charge is 0.462 e. The maximum absolute atomic E-state index is 13.4. The first-order chi connectivity index (χ1) is 48.2. The molecule has 0 rings (SSSR count). The van der Waals surface area contributed by atoms with Gasteiger partial charge in [0.05, 0.1) is 0 Å². The van der Waals surface area contributed by atoms with Crippen LogP contribution in [-0.2, 0) is 38.1 Å². The number of hydrogen-bond acceptors (Lipinski definition) is 14. The number of unbranched alkanes of at least 4 members (excludes halogenated alkanes) is 22. The van der Waals surface area contributed by atoms with E-state index in [9.17, 15) is 28.8 Å². The Labute approximate surface area is 618 Å². The van der Waals surface area contributed by atoms with Crippen LogP contribution < -0.4 is 0 Å². The molecule has 0 aromatic rings. The Morgan fingerprint density at radius 3 is 1.01 bits per heavy atom. The maximum Gasteiger partial charge on any atom is 0.306 e. The van der Waals surface area contributed by atoms with Crippen molar-refractivity contribution >= 4 is 57.9 Å². The lowest BCUT2D eigenvalue weighted by atomic mass is 10.0. The summed E-state index contributed by atoms with van der Waals surface area (Å²) in [7, 11) is 3.97. The highest BCUT2D eigenvalue weighted by atomic mass is 32.2. The molecule has 0 aromatic carbocycles. The van der Waals surface area contributed by atoms with Gasteiger partial charge >= 0.3 is 23.9 Å². The molecule has 2 amide bonds. The summed E-state index contributed by atoms with van der Waals surface area (Å²) < 4.78 is 23.4. The van der Waals surface area contributed by atoms with Gasteiger partial charge in [-0.3, -0.25) is 28.8 Å². The smallest absolute Gasteiger partial charge is 0.306 e. The molecule has 0 spiro atoms. The molecule has 99 heavy (non-hydrogen) atoms. The summed E-state index contributed by atoms with van der Waals surface area (Å²) in [5, 5.41) is 0.0329. The lowest BCUT2D eigenvalue weighted by Gasteiger charge is -2.23. The van der Waals surface area contributed by atoms with Gasteiger partial charge in [0.15, 0.2) is 0 Å². The van der Waals surface area contributed by atoms with Crippen molar-refractivity contribution in [2.75, 3.05) is 84.6 Å². The molecule has 0 aromatic heterocycles. The predicted molar refractivity (Wildman–Crippen MR) is 425 cm³/mol. The molecule has 16 heteroatoms. The molecule has 580 valence electrons. The number of rotatable bonds is 69. The monoisotopic (exact) mass is 1430 g/mol. The average molecular weight is 1430 g/mol. The van der Waals surface area contributed by atoms with Crippen molar-refractivity contribution in [3.05, 3.63) is 36.5 Å². The number of nitrogens with zero attached hydrogens (tertiary/aromatic N) is 4. The molecule has 0 aliphatic carbocycles. The van der Waals surface area contributed by atoms with E-state index in [1.807, 2.05) is 30.0 Å². The zero-order valence-corrected chi connectivity index (χ0v) is 67.8. The second kappa shape index (κ2) is 75.8. The number of ether oxygens (including phenoxy) is 4. The molecule has 14 nitrogen and oxygen atoms in total. The van der Waals surface area contributed by atoms with Gasteiger partial charge in [0.25, 0.3) is 10.5 Å². The second-order valence-electron chi connectivity index (χ2n) is 27.6. The number of carbonyl (C=O) groups excluding carboxylic acids is 6. The topological polar surface area (TPSA) is 152 Å². The zero-order valence-electron chi connectivity index (χ0n) is 66.2. The molecule has 0 saturated carbocycles. The van der Waals surface area contributed by atoms with E-state index in [0.717, 1.165) is 148 Å². The molecule has 0 aliphatic rings. The summed E-state index contributed by atoms with van der Waals surface area (Å²) in [4.78, 5) is 85.7. The van der Waals surface area contributed by atoms with Crippen LogP contribution in [0.5, 0.6) is 0 Å². The Kier molecular flexibility index (Phi) is 74.8. The van der Waals surface area contributed by atoms with Crippen molar-refractivity contribution in [3.8, 4) is 0 Å². The van der Waals surface area contributed by atoms with Crippen LogP contribution >= 0.6 is 23.5 Å². The molecule has 0 radical (unpaired) electrons. The fourth-order valence-electron chi connectivity index (χ4n) is 11.6. The summed E-state index contributed by atoms with van der Waals surface area (Å²) in [5.74, 6) is 0.734. The van der Waals surface area contributed by atoms with Crippen LogP contribution in [0.4, 0.5) is 9.59 Å². The summed E-state index contributed by atoms with van der Waals surface area (Å²) >= 11 is 2.66. The van der Waals surface area contributed by atoms with Crippen molar-refractivity contribution in [2.45, 2.75) is 376 Å². The van der Waals surface area contributed by atoms with Crippen molar-refractivity contribution in [3.63, 3.8) is 0 Å². The standard InChI is InChI=1S/C46H90N2O5S.C37H66N2O5S/c1-7-13-17-21-25-32-42(33-26-22-18-14-8-2)52-44(49)36-29-39-48(46(51)54-41-31-38-47(11-5)12-6)40-30-37-45(50)53-43(34-27-23-19-15-9-3)35-28-24-20-16-10-4;1-6-9-12-15-16-19-22-32-43-35(40)27-23-29-39(37(42)45-33-31-38(4)5)30-24-28-36(41)44-34(25-20-17-13-10-7-2)26-21-18-14-11-8-3/h42-43H,7-41H2,1-6H3;13-14,17-19,22,34H,6-12,15-16,20-21,23-33H2,1-5H3/b;17-13+,18-14+,22-19-. The van der Waals surface area contributed by atoms with Crippen LogP contribution in [0.3, 0.4) is 0 Å². The molecule has 0 aliphatic heterocycles. The van der Waals surface area contributed by atoms with Crippen molar-refractivity contribution < 1.29 is 47.7 Å². The fourth-order valence-corrected chi connectivity index (χ4v) is 13.4. The minimum atomic E-state index is -0.248. The summed E-state index contributed by atoms with van der Waals surface area (Å²) in [6.45, 7) is 25.9. The summed E-state index contributed by atoms with van der Waals surface area (Å²) in [6, 6.07) is 0. The number of amides is 2. The summed E-state index contributed by atoms with van der Waals surface area (Å²) in [6.07, 6.45) is 58.9. The first kappa shape index (κ1) is 97.7. The minimum absolute atomic E-state index is 0.00219. The molecule has 0 N–H and O–H groups in total. The van der Waals surface area contributed by atoms with Gasteiger partial charge in [0.1, 0.15) is 24.9 Å². The molecule has 0 bridgehead atoms. The van der Waals surface area contributed by atoms with Crippen LogP contribution in [0.1, 0.15) is 358 Å². The van der Waals surface area contributed by atoms with Crippen molar-refractivity contribution in [1.29, 1.82) is 0 Å². The van der Waals surface area contributed by atoms with E-state index in [1.54, 1.807) is 4.90 Å². The maximum atomic E-state index is 13.4. The Bertz CT molecular complexity index is 1850. The van der Waals surface area contributed by atoms with Gasteiger partial charge in [-0.15, -0.1) is 0 Å². The quantitative estimate of drug-likeness (QED) is 0.0246. The SMILES string of the molecule is CCC/C=C/CCC(CC/C=C/CCC)OC(=O)CCCN(CCCC(=O)OC/C=C\CCCCCC)C(=O)SCCN(C)C.CCCCCCCC(CCCCCCC)OC(=O)CCCN(CCCC(=O)OC(CCCCCCC)CCCCCCC)C(=O)SCCCN(CC)CC. The second-order valence-corrected chi connectivity index (χ2v) is 29.7. The van der Waals surface area contributed by atoms with E-state index >= 15 is 0 Å². The average Bonchev–Trinajstić information content (AvgIpc) is 1.38. The van der Waals surface area contributed by atoms with E-state index < -0.39 is 0 Å². The van der Waals surface area contributed by atoms with Gasteiger partial charge in [0, 0.05) is 69.9 Å². The highest BCUT2D eigenvalue weighted by Gasteiger charge is 2.22. The minimum Gasteiger partial charge on any atom is -0.462 e. The van der Waals surface area contributed by atoms with Crippen LogP contribution in [0.15, 0.2) is 36.5 Å². The van der Waals surface area contributed by atoms with Crippen LogP contribution in [0, 0.1) is 0 Å². The highest BCUT2D eigenvalue weighted by Crippen LogP contribution is 2.22. The highest BCUT2D eigenvalue weighted by molar-refractivity contribution is 8.13. The number of thioether (sulfide) groups is 2. The zero-order chi connectivity index (χ0) is 73.3. The van der Waals surface area contributed by atoms with Crippen molar-refractivity contribution in [1.82, 2.24) is 19.6 Å². The van der Waals surface area contributed by atoms with Gasteiger partial charge in [-0.25, -0.2) is 0 Å². The van der Waals surface area contributed by atoms with Gasteiger partial charge in [-0.1, -0.05) is 257 Å². The number of hydrogen-bond donors (Lipinski definition) is 0. The van der Waals surface area contributed by atoms with Crippen LogP contribution in [-0.4, -0.2) is 157 Å². The number of carbonyl (C=O) groups is 6. The molecular weight excluding hydrogens is 1280 g/mol. The third kappa shape index (κ3) is 67.6. The van der Waals surface area contributed by atoms with E-state index in [2.05, 4.69) is 97.6 Å². The Balaban J connectivity index is 0. The number of esters is 4. The normalized spacial score (nSPS) is 11.7. The predicted octanol–water partition coefficient (Wildman–Crippen LogP) is 23.2. The molecule has 0 heterocycles. The van der Waals surface area contributed by atoms with Crippen molar-refractivity contribution in [2.24, 2.45) is 0 Å². The van der Waals surface area contributed by atoms with E-state index in [4.69, 9.17) is 18.9 Å². The summed E-state index contributed by atoms with van der Waals surface area (Å²) in [5.41, 5.74) is 0. The first-order valence-electron chi connectivity index (χ1n) is 41.1. The van der Waals surface area contributed by atoms with Crippen LogP contribution in [0.2, 0.25) is 0 Å². The molecule has 0 atom stereocenters. The molecule has 0 saturated heterocycles. The molecular formula is C83H156N4O10S2. The lowest BCUT2D eigenvalue weighted by Crippen LogP contribution is -2.31. The van der Waals surface area contributed by atoms with Gasteiger partial charge < -0.3 is 38.5 Å². The Morgan fingerprint density at radius 2 is 0.646 bits per heavy atom. The van der Waals surface area contributed by atoms with Crippen LogP contribution in [0.25, 0.3) is 0 Å². The fraction of sp³-hybridized carbons (Fsp3) is 0.855.